The van der Waals surface area contributed by atoms with Crippen LogP contribution in [0.15, 0.2) is 144 Å². The predicted molar refractivity (Wildman–Crippen MR) is 158 cm³/mol. The molecule has 0 aliphatic heterocycles. The van der Waals surface area contributed by atoms with Crippen LogP contribution in [0.5, 0.6) is 0 Å². The van der Waals surface area contributed by atoms with Crippen molar-refractivity contribution in [1.29, 1.82) is 0 Å². The number of fused-ring (bicyclic) bond motifs is 1. The van der Waals surface area contributed by atoms with E-state index in [-0.39, 0.29) is 0 Å². The maximum Gasteiger partial charge on any atom is 0.220 e. The van der Waals surface area contributed by atoms with Crippen LogP contribution in [0.4, 0.5) is 0 Å². The third-order valence-electron chi connectivity index (χ3n) is 7.50. The SMILES string of the molecule is Cc1ccc(-c2c(-c3nnnn3C(c3ccccc3)(c3ccccc3)c3ccccc3)oc3ccccc23)cc1. The molecule has 40 heavy (non-hydrogen) atoms. The van der Waals surface area contributed by atoms with Crippen molar-refractivity contribution in [2.75, 3.05) is 0 Å². The lowest BCUT2D eigenvalue weighted by molar-refractivity contribution is 0.446. The summed E-state index contributed by atoms with van der Waals surface area (Å²) < 4.78 is 8.53. The Labute approximate surface area is 232 Å². The first-order valence-electron chi connectivity index (χ1n) is 13.3. The van der Waals surface area contributed by atoms with Crippen LogP contribution in [0, 0.1) is 6.92 Å². The second-order valence-corrected chi connectivity index (χ2v) is 9.89. The van der Waals surface area contributed by atoms with Gasteiger partial charge in [0.15, 0.2) is 5.76 Å². The van der Waals surface area contributed by atoms with E-state index in [0.717, 1.165) is 38.8 Å². The van der Waals surface area contributed by atoms with Crippen molar-refractivity contribution in [1.82, 2.24) is 20.2 Å². The number of aryl methyl sites for hydroxylation is 1. The number of furan rings is 1. The van der Waals surface area contributed by atoms with Crippen molar-refractivity contribution in [2.24, 2.45) is 0 Å². The van der Waals surface area contributed by atoms with Gasteiger partial charge in [-0.25, -0.2) is 4.68 Å². The highest BCUT2D eigenvalue weighted by atomic mass is 16.3. The van der Waals surface area contributed by atoms with Crippen molar-refractivity contribution >= 4 is 11.0 Å². The highest BCUT2D eigenvalue weighted by Gasteiger charge is 2.42. The zero-order valence-corrected chi connectivity index (χ0v) is 22.0. The lowest BCUT2D eigenvalue weighted by Gasteiger charge is -2.36. The number of benzene rings is 5. The standard InChI is InChI=1S/C35H26N4O/c1-25-21-23-26(24-22-25)32-30-19-11-12-20-31(30)40-33(32)34-36-37-38-39(34)35(27-13-5-2-6-14-27,28-15-7-3-8-16-28)29-17-9-4-10-18-29/h2-24H,1H3. The highest BCUT2D eigenvalue weighted by Crippen LogP contribution is 2.45. The Kier molecular flexibility index (Phi) is 5.82. The fourth-order valence-corrected chi connectivity index (χ4v) is 5.67. The highest BCUT2D eigenvalue weighted by molar-refractivity contribution is 6.01. The molecule has 0 N–H and O–H groups in total. The van der Waals surface area contributed by atoms with Crippen LogP contribution in [0.25, 0.3) is 33.7 Å². The van der Waals surface area contributed by atoms with Crippen LogP contribution in [0.1, 0.15) is 22.3 Å². The van der Waals surface area contributed by atoms with Gasteiger partial charge in [0.05, 0.1) is 0 Å². The Balaban J connectivity index is 1.59. The summed E-state index contributed by atoms with van der Waals surface area (Å²) in [6.45, 7) is 2.09. The van der Waals surface area contributed by atoms with Crippen LogP contribution in [0.2, 0.25) is 0 Å². The summed E-state index contributed by atoms with van der Waals surface area (Å²) in [6.07, 6.45) is 0. The van der Waals surface area contributed by atoms with E-state index in [1.165, 1.54) is 5.56 Å². The molecule has 0 saturated carbocycles. The number of hydrogen-bond donors (Lipinski definition) is 0. The lowest BCUT2D eigenvalue weighted by Crippen LogP contribution is -2.39. The number of aromatic nitrogens is 4. The molecule has 0 spiro atoms. The molecule has 192 valence electrons. The number of rotatable bonds is 6. The summed E-state index contributed by atoms with van der Waals surface area (Å²) >= 11 is 0. The normalized spacial score (nSPS) is 11.6. The van der Waals surface area contributed by atoms with E-state index in [0.29, 0.717) is 11.6 Å². The summed E-state index contributed by atoms with van der Waals surface area (Å²) in [5.41, 5.74) is 6.23. The van der Waals surface area contributed by atoms with Crippen molar-refractivity contribution in [3.05, 3.63) is 162 Å². The van der Waals surface area contributed by atoms with E-state index in [2.05, 4.69) is 120 Å². The van der Waals surface area contributed by atoms with E-state index in [9.17, 15) is 0 Å². The summed E-state index contributed by atoms with van der Waals surface area (Å²) in [5, 5.41) is 14.6. The number of para-hydroxylation sites is 1. The quantitative estimate of drug-likeness (QED) is 0.210. The Hall–Kier alpha value is -5.29. The minimum Gasteiger partial charge on any atom is -0.452 e. The third kappa shape index (κ3) is 3.75. The maximum atomic E-state index is 6.61. The maximum absolute atomic E-state index is 6.61. The largest absolute Gasteiger partial charge is 0.452 e. The third-order valence-corrected chi connectivity index (χ3v) is 7.50. The topological polar surface area (TPSA) is 56.7 Å². The Morgan fingerprint density at radius 1 is 0.600 bits per heavy atom. The summed E-state index contributed by atoms with van der Waals surface area (Å²) in [4.78, 5) is 0. The number of tetrazole rings is 1. The van der Waals surface area contributed by atoms with Crippen molar-refractivity contribution in [3.63, 3.8) is 0 Å². The molecule has 0 fully saturated rings. The smallest absolute Gasteiger partial charge is 0.220 e. The molecule has 2 heterocycles. The fraction of sp³-hybridized carbons (Fsp3) is 0.0571. The van der Waals surface area contributed by atoms with Crippen LogP contribution in [0.3, 0.4) is 0 Å². The predicted octanol–water partition coefficient (Wildman–Crippen LogP) is 7.90. The van der Waals surface area contributed by atoms with E-state index >= 15 is 0 Å². The van der Waals surface area contributed by atoms with Crippen LogP contribution < -0.4 is 0 Å². The van der Waals surface area contributed by atoms with Crippen molar-refractivity contribution in [2.45, 2.75) is 12.5 Å². The molecule has 5 heteroatoms. The second-order valence-electron chi connectivity index (χ2n) is 9.89. The van der Waals surface area contributed by atoms with Gasteiger partial charge in [0.2, 0.25) is 5.82 Å². The molecule has 5 aromatic carbocycles. The van der Waals surface area contributed by atoms with Gasteiger partial charge in [0.1, 0.15) is 11.1 Å². The van der Waals surface area contributed by atoms with Crippen LogP contribution in [-0.2, 0) is 5.54 Å². The Morgan fingerprint density at radius 2 is 1.12 bits per heavy atom. The molecule has 0 radical (unpaired) electrons. The van der Waals surface area contributed by atoms with Crippen molar-refractivity contribution in [3.8, 4) is 22.7 Å². The van der Waals surface area contributed by atoms with Gasteiger partial charge >= 0.3 is 0 Å². The summed E-state index contributed by atoms with van der Waals surface area (Å²) in [5.74, 6) is 1.17. The van der Waals surface area contributed by atoms with Gasteiger partial charge in [-0.2, -0.15) is 0 Å². The van der Waals surface area contributed by atoms with Gasteiger partial charge < -0.3 is 4.42 Å². The number of nitrogens with zero attached hydrogens (tertiary/aromatic N) is 4. The molecule has 7 aromatic rings. The lowest BCUT2D eigenvalue weighted by atomic mass is 9.77. The molecule has 0 bridgehead atoms. The first-order chi connectivity index (χ1) is 19.8. The van der Waals surface area contributed by atoms with E-state index in [1.807, 2.05) is 41.1 Å². The van der Waals surface area contributed by atoms with Gasteiger partial charge in [0.25, 0.3) is 0 Å². The van der Waals surface area contributed by atoms with Gasteiger partial charge in [-0.15, -0.1) is 5.10 Å². The number of hydrogen-bond acceptors (Lipinski definition) is 4. The second kappa shape index (κ2) is 9.79. The van der Waals surface area contributed by atoms with Gasteiger partial charge in [-0.05, 0) is 45.7 Å². The molecule has 0 saturated heterocycles. The van der Waals surface area contributed by atoms with E-state index in [4.69, 9.17) is 9.63 Å². The van der Waals surface area contributed by atoms with E-state index < -0.39 is 5.54 Å². The van der Waals surface area contributed by atoms with Gasteiger partial charge in [0, 0.05) is 10.9 Å². The molecule has 0 aliphatic rings. The molecule has 0 atom stereocenters. The summed E-state index contributed by atoms with van der Waals surface area (Å²) in [7, 11) is 0. The minimum absolute atomic E-state index is 0.545. The molecule has 2 aromatic heterocycles. The molecule has 0 unspecified atom stereocenters. The molecule has 0 amide bonds. The zero-order chi connectivity index (χ0) is 26.9. The summed E-state index contributed by atoms with van der Waals surface area (Å²) in [6, 6.07) is 47.8. The van der Waals surface area contributed by atoms with Crippen molar-refractivity contribution < 1.29 is 4.42 Å². The zero-order valence-electron chi connectivity index (χ0n) is 22.0. The molecule has 7 rings (SSSR count). The molecular formula is C35H26N4O. The van der Waals surface area contributed by atoms with Crippen LogP contribution >= 0.6 is 0 Å². The van der Waals surface area contributed by atoms with E-state index in [1.54, 1.807) is 0 Å². The molecule has 0 aliphatic carbocycles. The average Bonchev–Trinajstić information content (AvgIpc) is 3.65. The van der Waals surface area contributed by atoms with Gasteiger partial charge in [-0.1, -0.05) is 139 Å². The fourth-order valence-electron chi connectivity index (χ4n) is 5.67. The Bertz CT molecular complexity index is 1790. The first kappa shape index (κ1) is 23.8. The monoisotopic (exact) mass is 518 g/mol. The first-order valence-corrected chi connectivity index (χ1v) is 13.3. The average molecular weight is 519 g/mol. The van der Waals surface area contributed by atoms with Crippen LogP contribution in [-0.4, -0.2) is 20.2 Å². The minimum atomic E-state index is -0.869. The van der Waals surface area contributed by atoms with Gasteiger partial charge in [-0.3, -0.25) is 0 Å². The molecular weight excluding hydrogens is 492 g/mol. The Morgan fingerprint density at radius 3 is 1.70 bits per heavy atom. The molecule has 5 nitrogen and oxygen atoms in total.